The van der Waals surface area contributed by atoms with Gasteiger partial charge in [-0.3, -0.25) is 19.5 Å². The molecule has 0 aliphatic carbocycles. The van der Waals surface area contributed by atoms with Gasteiger partial charge in [0.05, 0.1) is 24.3 Å². The van der Waals surface area contributed by atoms with E-state index < -0.39 is 17.7 Å². The summed E-state index contributed by atoms with van der Waals surface area (Å²) in [7, 11) is 1.50. The summed E-state index contributed by atoms with van der Waals surface area (Å²) in [6, 6.07) is 13.7. The molecule has 1 saturated heterocycles. The second-order valence-corrected chi connectivity index (χ2v) is 8.00. The van der Waals surface area contributed by atoms with Crippen LogP contribution in [0.1, 0.15) is 33.9 Å². The lowest BCUT2D eigenvalue weighted by Gasteiger charge is -2.26. The molecule has 1 amide bonds. The molecule has 1 atom stereocenters. The van der Waals surface area contributed by atoms with Crippen LogP contribution in [0.3, 0.4) is 0 Å². The van der Waals surface area contributed by atoms with Crippen LogP contribution in [0.4, 0.5) is 5.69 Å². The lowest BCUT2D eigenvalue weighted by molar-refractivity contribution is -0.132. The van der Waals surface area contributed by atoms with Crippen LogP contribution in [0.5, 0.6) is 5.75 Å². The van der Waals surface area contributed by atoms with Gasteiger partial charge in [0.25, 0.3) is 11.7 Å². The molecule has 1 aromatic heterocycles. The Balaban J connectivity index is 2.00. The van der Waals surface area contributed by atoms with Crippen LogP contribution in [-0.2, 0) is 9.59 Å². The van der Waals surface area contributed by atoms with Gasteiger partial charge in [0.15, 0.2) is 0 Å². The zero-order valence-corrected chi connectivity index (χ0v) is 18.4. The number of anilines is 1. The molecule has 1 unspecified atom stereocenters. The molecule has 2 heterocycles. The Hall–Kier alpha value is -3.93. The summed E-state index contributed by atoms with van der Waals surface area (Å²) in [6.45, 7) is 5.75. The molecule has 1 fully saturated rings. The molecule has 6 nitrogen and oxygen atoms in total. The van der Waals surface area contributed by atoms with E-state index in [2.05, 4.69) is 4.98 Å². The summed E-state index contributed by atoms with van der Waals surface area (Å²) in [5.41, 5.74) is 4.48. The van der Waals surface area contributed by atoms with Crippen molar-refractivity contribution in [1.82, 2.24) is 4.98 Å². The highest BCUT2D eigenvalue weighted by molar-refractivity contribution is 6.51. The lowest BCUT2D eigenvalue weighted by atomic mass is 9.95. The van der Waals surface area contributed by atoms with Crippen LogP contribution in [0.15, 0.2) is 66.5 Å². The number of pyridine rings is 1. The van der Waals surface area contributed by atoms with Crippen LogP contribution in [0.25, 0.3) is 5.76 Å². The van der Waals surface area contributed by atoms with Crippen molar-refractivity contribution in [2.45, 2.75) is 26.8 Å². The third-order valence-corrected chi connectivity index (χ3v) is 5.56. The highest BCUT2D eigenvalue weighted by Crippen LogP contribution is 2.43. The van der Waals surface area contributed by atoms with Gasteiger partial charge in [-0.1, -0.05) is 17.7 Å². The zero-order chi connectivity index (χ0) is 23.0. The summed E-state index contributed by atoms with van der Waals surface area (Å²) in [5.74, 6) is -1.28. The summed E-state index contributed by atoms with van der Waals surface area (Å²) < 4.78 is 5.41. The van der Waals surface area contributed by atoms with E-state index in [4.69, 9.17) is 4.74 Å². The SMILES string of the molecule is COc1ccc(C)cc1/C(O)=C1\C(=O)C(=O)N(c2cc(C)cc(C)c2)C1c1ccncc1. The second-order valence-electron chi connectivity index (χ2n) is 8.00. The van der Waals surface area contributed by atoms with E-state index in [1.165, 1.54) is 12.0 Å². The fraction of sp³-hybridized carbons (Fsp3) is 0.192. The number of hydrogen-bond acceptors (Lipinski definition) is 5. The first-order chi connectivity index (χ1) is 15.3. The molecule has 1 N–H and O–H groups in total. The van der Waals surface area contributed by atoms with E-state index in [0.717, 1.165) is 16.7 Å². The van der Waals surface area contributed by atoms with Gasteiger partial charge >= 0.3 is 0 Å². The fourth-order valence-corrected chi connectivity index (χ4v) is 4.20. The average molecular weight is 428 g/mol. The first-order valence-corrected chi connectivity index (χ1v) is 10.3. The number of benzene rings is 2. The van der Waals surface area contributed by atoms with Crippen molar-refractivity contribution in [3.8, 4) is 5.75 Å². The van der Waals surface area contributed by atoms with Crippen molar-refractivity contribution in [1.29, 1.82) is 0 Å². The van der Waals surface area contributed by atoms with Crippen molar-refractivity contribution in [3.05, 3.63) is 94.3 Å². The first-order valence-electron chi connectivity index (χ1n) is 10.3. The normalized spacial score (nSPS) is 17.6. The van der Waals surface area contributed by atoms with E-state index in [1.54, 1.807) is 36.7 Å². The molecule has 1 aliphatic heterocycles. The standard InChI is InChI=1S/C26H24N2O4/c1-15-5-6-21(32-4)20(14-15)24(29)22-23(18-7-9-27-10-8-18)28(26(31)25(22)30)19-12-16(2)11-17(3)13-19/h5-14,23,29H,1-4H3/b24-22+. The Bertz CT molecular complexity index is 1230. The number of aliphatic hydroxyl groups excluding tert-OH is 1. The Morgan fingerprint density at radius 3 is 2.22 bits per heavy atom. The molecule has 0 radical (unpaired) electrons. The number of ketones is 1. The van der Waals surface area contributed by atoms with E-state index in [1.807, 2.05) is 45.0 Å². The van der Waals surface area contributed by atoms with Crippen LogP contribution in [0, 0.1) is 20.8 Å². The van der Waals surface area contributed by atoms with Crippen molar-refractivity contribution in [2.24, 2.45) is 0 Å². The summed E-state index contributed by atoms with van der Waals surface area (Å²) in [6.07, 6.45) is 3.20. The molecule has 4 rings (SSSR count). The molecule has 0 spiro atoms. The molecular formula is C26H24N2O4. The largest absolute Gasteiger partial charge is 0.507 e. The summed E-state index contributed by atoms with van der Waals surface area (Å²) in [5, 5.41) is 11.3. The number of Topliss-reactive ketones (excluding diaryl/α,β-unsaturated/α-hetero) is 1. The second kappa shape index (κ2) is 8.30. The lowest BCUT2D eigenvalue weighted by Crippen LogP contribution is -2.29. The third-order valence-electron chi connectivity index (χ3n) is 5.56. The summed E-state index contributed by atoms with van der Waals surface area (Å²) >= 11 is 0. The Labute approximate surface area is 186 Å². The minimum atomic E-state index is -0.801. The minimum Gasteiger partial charge on any atom is -0.507 e. The number of aromatic nitrogens is 1. The van der Waals surface area contributed by atoms with Crippen molar-refractivity contribution in [3.63, 3.8) is 0 Å². The number of hydrogen-bond donors (Lipinski definition) is 1. The van der Waals surface area contributed by atoms with E-state index in [-0.39, 0.29) is 11.3 Å². The van der Waals surface area contributed by atoms with E-state index in [0.29, 0.717) is 22.6 Å². The van der Waals surface area contributed by atoms with E-state index in [9.17, 15) is 14.7 Å². The van der Waals surface area contributed by atoms with Crippen LogP contribution in [0.2, 0.25) is 0 Å². The average Bonchev–Trinajstić information content (AvgIpc) is 3.04. The van der Waals surface area contributed by atoms with Crippen LogP contribution < -0.4 is 9.64 Å². The van der Waals surface area contributed by atoms with Gasteiger partial charge in [-0.15, -0.1) is 0 Å². The molecule has 1 aliphatic rings. The maximum atomic E-state index is 13.3. The number of aryl methyl sites for hydroxylation is 3. The maximum absolute atomic E-state index is 13.3. The molecule has 162 valence electrons. The van der Waals surface area contributed by atoms with Gasteiger partial charge in [-0.25, -0.2) is 0 Å². The number of nitrogens with zero attached hydrogens (tertiary/aromatic N) is 2. The molecular weight excluding hydrogens is 404 g/mol. The number of methoxy groups -OCH3 is 1. The molecule has 3 aromatic rings. The van der Waals surface area contributed by atoms with Gasteiger partial charge < -0.3 is 9.84 Å². The number of aliphatic hydroxyl groups is 1. The van der Waals surface area contributed by atoms with Gasteiger partial charge in [0.1, 0.15) is 11.5 Å². The Kier molecular flexibility index (Phi) is 5.53. The van der Waals surface area contributed by atoms with Crippen molar-refractivity contribution < 1.29 is 19.4 Å². The Morgan fingerprint density at radius 1 is 0.938 bits per heavy atom. The van der Waals surface area contributed by atoms with Gasteiger partial charge in [-0.2, -0.15) is 0 Å². The molecule has 2 aromatic carbocycles. The maximum Gasteiger partial charge on any atom is 0.300 e. The van der Waals surface area contributed by atoms with Crippen LogP contribution in [-0.4, -0.2) is 28.9 Å². The van der Waals surface area contributed by atoms with Gasteiger partial charge in [0.2, 0.25) is 0 Å². The first kappa shape index (κ1) is 21.3. The molecule has 0 bridgehead atoms. The van der Waals surface area contributed by atoms with E-state index >= 15 is 0 Å². The zero-order valence-electron chi connectivity index (χ0n) is 18.4. The Morgan fingerprint density at radius 2 is 1.59 bits per heavy atom. The third kappa shape index (κ3) is 3.64. The number of carbonyl (C=O) groups is 2. The number of ether oxygens (including phenoxy) is 1. The quantitative estimate of drug-likeness (QED) is 0.372. The predicted molar refractivity (Wildman–Crippen MR) is 123 cm³/mol. The van der Waals surface area contributed by atoms with Crippen molar-refractivity contribution in [2.75, 3.05) is 12.0 Å². The predicted octanol–water partition coefficient (Wildman–Crippen LogP) is 4.64. The fourth-order valence-electron chi connectivity index (χ4n) is 4.20. The van der Waals surface area contributed by atoms with Crippen LogP contribution >= 0.6 is 0 Å². The number of amides is 1. The monoisotopic (exact) mass is 428 g/mol. The van der Waals surface area contributed by atoms with Gasteiger partial charge in [0, 0.05) is 18.1 Å². The minimum absolute atomic E-state index is 0.0178. The molecule has 6 heteroatoms. The molecule has 32 heavy (non-hydrogen) atoms. The van der Waals surface area contributed by atoms with Crippen molar-refractivity contribution >= 4 is 23.1 Å². The number of carbonyl (C=O) groups excluding carboxylic acids is 2. The topological polar surface area (TPSA) is 79.7 Å². The smallest absolute Gasteiger partial charge is 0.300 e. The highest BCUT2D eigenvalue weighted by atomic mass is 16.5. The highest BCUT2D eigenvalue weighted by Gasteiger charge is 2.47. The summed E-state index contributed by atoms with van der Waals surface area (Å²) in [4.78, 5) is 32.1. The van der Waals surface area contributed by atoms with Gasteiger partial charge in [-0.05, 0) is 73.9 Å². The molecule has 0 saturated carbocycles. The number of rotatable bonds is 4.